The van der Waals surface area contributed by atoms with Crippen LogP contribution in [0.2, 0.25) is 0 Å². The van der Waals surface area contributed by atoms with Crippen molar-refractivity contribution in [1.29, 1.82) is 0 Å². The van der Waals surface area contributed by atoms with Gasteiger partial charge in [0.25, 0.3) is 0 Å². The molecule has 0 radical (unpaired) electrons. The quantitative estimate of drug-likeness (QED) is 0.864. The van der Waals surface area contributed by atoms with Gasteiger partial charge < -0.3 is 5.11 Å². The number of aliphatic hydroxyl groups excluding tert-OH is 1. The van der Waals surface area contributed by atoms with E-state index in [4.69, 9.17) is 0 Å². The Hall–Kier alpha value is -0.890. The maximum Gasteiger partial charge on any atom is 0.126 e. The van der Waals surface area contributed by atoms with E-state index in [9.17, 15) is 9.50 Å². The highest BCUT2D eigenvalue weighted by molar-refractivity contribution is 5.18. The van der Waals surface area contributed by atoms with Gasteiger partial charge in [0.2, 0.25) is 0 Å². The molecule has 2 rings (SSSR count). The molecule has 1 saturated carbocycles. The lowest BCUT2D eigenvalue weighted by Gasteiger charge is -2.33. The number of rotatable bonds is 4. The van der Waals surface area contributed by atoms with Crippen molar-refractivity contribution in [2.75, 3.05) is 0 Å². The number of hydrogen-bond acceptors (Lipinski definition) is 1. The van der Waals surface area contributed by atoms with Crippen LogP contribution in [0.1, 0.15) is 45.1 Å². The number of halogens is 1. The van der Waals surface area contributed by atoms with Crippen molar-refractivity contribution in [3.05, 3.63) is 35.6 Å². The molecule has 1 aromatic carbocycles. The van der Waals surface area contributed by atoms with E-state index < -0.39 is 6.10 Å². The molecule has 1 aliphatic rings. The zero-order chi connectivity index (χ0) is 13.8. The van der Waals surface area contributed by atoms with Crippen LogP contribution in [-0.4, -0.2) is 11.2 Å². The molecule has 1 aliphatic carbocycles. The monoisotopic (exact) mass is 264 g/mol. The normalized spacial score (nSPS) is 25.5. The van der Waals surface area contributed by atoms with Crippen LogP contribution < -0.4 is 0 Å². The van der Waals surface area contributed by atoms with Gasteiger partial charge in [0.1, 0.15) is 5.82 Å². The summed E-state index contributed by atoms with van der Waals surface area (Å²) in [5.74, 6) is 1.69. The first-order valence-corrected chi connectivity index (χ1v) is 7.49. The van der Waals surface area contributed by atoms with Crippen molar-refractivity contribution >= 4 is 0 Å². The summed E-state index contributed by atoms with van der Waals surface area (Å²) in [7, 11) is 0. The van der Waals surface area contributed by atoms with Gasteiger partial charge in [-0.2, -0.15) is 0 Å². The van der Waals surface area contributed by atoms with Crippen LogP contribution in [-0.2, 0) is 6.42 Å². The Bertz CT molecular complexity index is 394. The first-order valence-electron chi connectivity index (χ1n) is 7.49. The van der Waals surface area contributed by atoms with Gasteiger partial charge in [-0.05, 0) is 55.1 Å². The predicted molar refractivity (Wildman–Crippen MR) is 76.4 cm³/mol. The molecule has 0 saturated heterocycles. The zero-order valence-corrected chi connectivity index (χ0v) is 12.0. The summed E-state index contributed by atoms with van der Waals surface area (Å²) in [5, 5.41) is 10.3. The molecule has 1 atom stereocenters. The molecule has 1 N–H and O–H groups in total. The van der Waals surface area contributed by atoms with Gasteiger partial charge in [0.15, 0.2) is 0 Å². The fourth-order valence-electron chi connectivity index (χ4n) is 3.25. The minimum Gasteiger partial charge on any atom is -0.392 e. The average molecular weight is 264 g/mol. The van der Waals surface area contributed by atoms with Gasteiger partial charge in [-0.3, -0.25) is 0 Å². The van der Waals surface area contributed by atoms with Crippen LogP contribution in [0, 0.1) is 23.6 Å². The van der Waals surface area contributed by atoms with Crippen molar-refractivity contribution in [2.45, 2.75) is 52.1 Å². The molecule has 0 amide bonds. The SMILES string of the molecule is CC(C)C1CCC(C(O)Cc2ccccc2F)CC1. The predicted octanol–water partition coefficient (Wildman–Crippen LogP) is 4.19. The Balaban J connectivity index is 1.88. The summed E-state index contributed by atoms with van der Waals surface area (Å²) in [6, 6.07) is 6.77. The highest BCUT2D eigenvalue weighted by Crippen LogP contribution is 2.35. The summed E-state index contributed by atoms with van der Waals surface area (Å²) in [4.78, 5) is 0. The van der Waals surface area contributed by atoms with E-state index in [2.05, 4.69) is 13.8 Å². The molecule has 0 heterocycles. The smallest absolute Gasteiger partial charge is 0.126 e. The first kappa shape index (κ1) is 14.5. The van der Waals surface area contributed by atoms with Crippen LogP contribution >= 0.6 is 0 Å². The number of hydrogen-bond donors (Lipinski definition) is 1. The molecule has 19 heavy (non-hydrogen) atoms. The number of benzene rings is 1. The minimum atomic E-state index is -0.398. The highest BCUT2D eigenvalue weighted by atomic mass is 19.1. The molecule has 1 aromatic rings. The fourth-order valence-corrected chi connectivity index (χ4v) is 3.25. The lowest BCUT2D eigenvalue weighted by atomic mass is 9.74. The third kappa shape index (κ3) is 3.79. The molecule has 1 nitrogen and oxygen atoms in total. The highest BCUT2D eigenvalue weighted by Gasteiger charge is 2.28. The molecular formula is C17H25FO. The van der Waals surface area contributed by atoms with E-state index in [0.29, 0.717) is 17.9 Å². The number of aliphatic hydroxyl groups is 1. The molecule has 1 fully saturated rings. The first-order chi connectivity index (χ1) is 9.08. The Morgan fingerprint density at radius 2 is 1.68 bits per heavy atom. The second kappa shape index (κ2) is 6.51. The molecular weight excluding hydrogens is 239 g/mol. The van der Waals surface area contributed by atoms with E-state index in [0.717, 1.165) is 24.7 Å². The lowest BCUT2D eigenvalue weighted by molar-refractivity contribution is 0.0669. The van der Waals surface area contributed by atoms with E-state index in [-0.39, 0.29) is 5.82 Å². The molecule has 0 bridgehead atoms. The van der Waals surface area contributed by atoms with Crippen LogP contribution in [0.3, 0.4) is 0 Å². The van der Waals surface area contributed by atoms with Gasteiger partial charge in [0.05, 0.1) is 6.10 Å². The van der Waals surface area contributed by atoms with Crippen molar-refractivity contribution < 1.29 is 9.50 Å². The lowest BCUT2D eigenvalue weighted by Crippen LogP contribution is -2.29. The molecule has 2 heteroatoms. The summed E-state index contributed by atoms with van der Waals surface area (Å²) in [6.07, 6.45) is 4.62. The minimum absolute atomic E-state index is 0.197. The third-order valence-electron chi connectivity index (χ3n) is 4.69. The standard InChI is InChI=1S/C17H25FO/c1-12(2)13-7-9-14(10-8-13)17(19)11-15-5-3-4-6-16(15)18/h3-6,12-14,17,19H,7-11H2,1-2H3. The summed E-state index contributed by atoms with van der Waals surface area (Å²) >= 11 is 0. The van der Waals surface area contributed by atoms with Crippen molar-refractivity contribution in [3.8, 4) is 0 Å². The Morgan fingerprint density at radius 3 is 2.26 bits per heavy atom. The molecule has 1 unspecified atom stereocenters. The Labute approximate surface area is 115 Å². The van der Waals surface area contributed by atoms with Crippen molar-refractivity contribution in [1.82, 2.24) is 0 Å². The topological polar surface area (TPSA) is 20.2 Å². The van der Waals surface area contributed by atoms with E-state index >= 15 is 0 Å². The van der Waals surface area contributed by atoms with E-state index in [1.807, 2.05) is 6.07 Å². The molecule has 0 aliphatic heterocycles. The van der Waals surface area contributed by atoms with Crippen molar-refractivity contribution in [3.63, 3.8) is 0 Å². The van der Waals surface area contributed by atoms with Crippen LogP contribution in [0.25, 0.3) is 0 Å². The largest absolute Gasteiger partial charge is 0.392 e. The van der Waals surface area contributed by atoms with Gasteiger partial charge in [-0.15, -0.1) is 0 Å². The second-order valence-corrected chi connectivity index (χ2v) is 6.28. The molecule has 106 valence electrons. The van der Waals surface area contributed by atoms with Gasteiger partial charge in [-0.1, -0.05) is 32.0 Å². The summed E-state index contributed by atoms with van der Waals surface area (Å²) in [6.45, 7) is 4.56. The van der Waals surface area contributed by atoms with Crippen LogP contribution in [0.5, 0.6) is 0 Å². The zero-order valence-electron chi connectivity index (χ0n) is 12.0. The van der Waals surface area contributed by atoms with Crippen LogP contribution in [0.4, 0.5) is 4.39 Å². The van der Waals surface area contributed by atoms with Crippen molar-refractivity contribution in [2.24, 2.45) is 17.8 Å². The summed E-state index contributed by atoms with van der Waals surface area (Å²) in [5.41, 5.74) is 0.640. The third-order valence-corrected chi connectivity index (χ3v) is 4.69. The maximum atomic E-state index is 13.6. The van der Waals surface area contributed by atoms with Crippen LogP contribution in [0.15, 0.2) is 24.3 Å². The fraction of sp³-hybridized carbons (Fsp3) is 0.647. The van der Waals surface area contributed by atoms with E-state index in [1.54, 1.807) is 12.1 Å². The van der Waals surface area contributed by atoms with E-state index in [1.165, 1.54) is 18.9 Å². The maximum absolute atomic E-state index is 13.6. The second-order valence-electron chi connectivity index (χ2n) is 6.28. The Kier molecular flexibility index (Phi) is 4.98. The Morgan fingerprint density at radius 1 is 1.11 bits per heavy atom. The van der Waals surface area contributed by atoms with Gasteiger partial charge >= 0.3 is 0 Å². The molecule has 0 aromatic heterocycles. The average Bonchev–Trinajstić information content (AvgIpc) is 2.41. The molecule has 0 spiro atoms. The van der Waals surface area contributed by atoms with Gasteiger partial charge in [0, 0.05) is 6.42 Å². The van der Waals surface area contributed by atoms with Gasteiger partial charge in [-0.25, -0.2) is 4.39 Å². The summed E-state index contributed by atoms with van der Waals surface area (Å²) < 4.78 is 13.6.